The van der Waals surface area contributed by atoms with E-state index in [0.717, 1.165) is 48.7 Å². The van der Waals surface area contributed by atoms with Crippen LogP contribution in [0.5, 0.6) is 5.75 Å². The van der Waals surface area contributed by atoms with Gasteiger partial charge in [-0.2, -0.15) is 9.78 Å². The molecule has 1 aliphatic rings. The van der Waals surface area contributed by atoms with Gasteiger partial charge in [-0.25, -0.2) is 9.78 Å². The van der Waals surface area contributed by atoms with E-state index in [9.17, 15) is 9.59 Å². The van der Waals surface area contributed by atoms with Crippen molar-refractivity contribution in [2.45, 2.75) is 44.9 Å². The number of hydrogen-bond acceptors (Lipinski definition) is 6. The van der Waals surface area contributed by atoms with E-state index in [0.29, 0.717) is 23.3 Å². The summed E-state index contributed by atoms with van der Waals surface area (Å²) in [5, 5.41) is 5.15. The molecule has 1 saturated carbocycles. The highest BCUT2D eigenvalue weighted by Crippen LogP contribution is 2.32. The van der Waals surface area contributed by atoms with E-state index in [1.54, 1.807) is 19.2 Å². The maximum Gasteiger partial charge on any atom is 0.344 e. The van der Waals surface area contributed by atoms with E-state index in [2.05, 4.69) is 66.2 Å². The molecule has 0 spiro atoms. The number of hydrogen-bond donors (Lipinski definition) is 0. The minimum atomic E-state index is -0.408. The van der Waals surface area contributed by atoms with Crippen molar-refractivity contribution in [2.24, 2.45) is 5.10 Å². The Kier molecular flexibility index (Phi) is 9.19. The Bertz CT molecular complexity index is 1310. The summed E-state index contributed by atoms with van der Waals surface area (Å²) in [6, 6.07) is 9.39. The molecular weight excluding hydrogens is 740 g/mol. The summed E-state index contributed by atoms with van der Waals surface area (Å²) >= 11 is 7.79. The molecule has 0 N–H and O–H groups in total. The Morgan fingerprint density at radius 3 is 2.60 bits per heavy atom. The topological polar surface area (TPSA) is 82.8 Å². The van der Waals surface area contributed by atoms with Gasteiger partial charge < -0.3 is 9.47 Å². The SMILES string of the molecule is CCOC(=O)COc1c(I)cc(C=Nn2c(C3CCCCC3)nc3ccc(Br)cc3c2=O)cc1I. The summed E-state index contributed by atoms with van der Waals surface area (Å²) in [6.45, 7) is 1.93. The molecule has 4 rings (SSSR count). The fourth-order valence-electron chi connectivity index (χ4n) is 4.15. The van der Waals surface area contributed by atoms with E-state index in [1.807, 2.05) is 24.3 Å². The molecule has 10 heteroatoms. The fourth-order valence-corrected chi connectivity index (χ4v) is 6.64. The molecular formula is C25H24BrI2N3O4. The molecule has 1 aliphatic carbocycles. The van der Waals surface area contributed by atoms with Crippen molar-refractivity contribution in [2.75, 3.05) is 13.2 Å². The zero-order valence-corrected chi connectivity index (χ0v) is 25.0. The average Bonchev–Trinajstić information content (AvgIpc) is 2.84. The van der Waals surface area contributed by atoms with Gasteiger partial charge >= 0.3 is 5.97 Å². The lowest BCUT2D eigenvalue weighted by Crippen LogP contribution is -2.25. The van der Waals surface area contributed by atoms with Crippen LogP contribution in [-0.4, -0.2) is 35.1 Å². The number of carbonyl (C=O) groups is 1. The quantitative estimate of drug-likeness (QED) is 0.162. The minimum Gasteiger partial charge on any atom is -0.480 e. The number of nitrogens with zero attached hydrogens (tertiary/aromatic N) is 3. The van der Waals surface area contributed by atoms with E-state index >= 15 is 0 Å². The van der Waals surface area contributed by atoms with Crippen LogP contribution in [0.15, 0.2) is 44.7 Å². The summed E-state index contributed by atoms with van der Waals surface area (Å²) in [5.74, 6) is 1.14. The van der Waals surface area contributed by atoms with Gasteiger partial charge in [-0.15, -0.1) is 0 Å². The number of carbonyl (C=O) groups excluding carboxylic acids is 1. The highest BCUT2D eigenvalue weighted by Gasteiger charge is 2.22. The molecule has 0 unspecified atom stereocenters. The van der Waals surface area contributed by atoms with Crippen LogP contribution >= 0.6 is 61.1 Å². The van der Waals surface area contributed by atoms with Gasteiger partial charge in [0.15, 0.2) is 6.61 Å². The van der Waals surface area contributed by atoms with Crippen LogP contribution < -0.4 is 10.3 Å². The molecule has 0 bridgehead atoms. The summed E-state index contributed by atoms with van der Waals surface area (Å²) in [5.41, 5.74) is 1.34. The van der Waals surface area contributed by atoms with E-state index in [1.165, 1.54) is 11.1 Å². The first-order valence-electron chi connectivity index (χ1n) is 11.4. The number of halogens is 3. The highest BCUT2D eigenvalue weighted by atomic mass is 127. The molecule has 0 aliphatic heterocycles. The second-order valence-corrected chi connectivity index (χ2v) is 11.5. The largest absolute Gasteiger partial charge is 0.480 e. The van der Waals surface area contributed by atoms with Crippen LogP contribution in [0.25, 0.3) is 10.9 Å². The number of aromatic nitrogens is 2. The van der Waals surface area contributed by atoms with Crippen molar-refractivity contribution in [3.63, 3.8) is 0 Å². The van der Waals surface area contributed by atoms with Gasteiger partial charge in [-0.3, -0.25) is 4.79 Å². The zero-order chi connectivity index (χ0) is 24.9. The van der Waals surface area contributed by atoms with Crippen molar-refractivity contribution in [3.8, 4) is 5.75 Å². The number of benzene rings is 2. The Morgan fingerprint density at radius 1 is 1.20 bits per heavy atom. The molecule has 184 valence electrons. The second kappa shape index (κ2) is 12.1. The first-order chi connectivity index (χ1) is 16.9. The predicted molar refractivity (Wildman–Crippen MR) is 157 cm³/mol. The van der Waals surface area contributed by atoms with Gasteiger partial charge in [0.1, 0.15) is 11.6 Å². The summed E-state index contributed by atoms with van der Waals surface area (Å²) in [4.78, 5) is 30.0. The lowest BCUT2D eigenvalue weighted by Gasteiger charge is -2.22. The smallest absolute Gasteiger partial charge is 0.344 e. The van der Waals surface area contributed by atoms with E-state index in [4.69, 9.17) is 14.5 Å². The number of rotatable bonds is 7. The lowest BCUT2D eigenvalue weighted by atomic mass is 9.88. The molecule has 7 nitrogen and oxygen atoms in total. The molecule has 2 aromatic carbocycles. The van der Waals surface area contributed by atoms with Gasteiger partial charge in [-0.1, -0.05) is 35.2 Å². The number of fused-ring (bicyclic) bond motifs is 1. The van der Waals surface area contributed by atoms with Crippen LogP contribution in [0, 0.1) is 7.14 Å². The Balaban J connectivity index is 1.69. The van der Waals surface area contributed by atoms with Crippen molar-refractivity contribution < 1.29 is 14.3 Å². The van der Waals surface area contributed by atoms with Crippen LogP contribution in [0.1, 0.15) is 56.3 Å². The Labute approximate surface area is 239 Å². The second-order valence-electron chi connectivity index (χ2n) is 8.24. The maximum absolute atomic E-state index is 13.5. The monoisotopic (exact) mass is 763 g/mol. The number of esters is 1. The van der Waals surface area contributed by atoms with Crippen LogP contribution in [0.2, 0.25) is 0 Å². The van der Waals surface area contributed by atoms with E-state index < -0.39 is 5.97 Å². The van der Waals surface area contributed by atoms with Gasteiger partial charge in [0, 0.05) is 10.4 Å². The molecule has 35 heavy (non-hydrogen) atoms. The summed E-state index contributed by atoms with van der Waals surface area (Å²) in [7, 11) is 0. The molecule has 1 aromatic heterocycles. The van der Waals surface area contributed by atoms with Crippen molar-refractivity contribution in [3.05, 3.63) is 63.7 Å². The Hall–Kier alpha value is -1.54. The molecule has 0 atom stereocenters. The van der Waals surface area contributed by atoms with Crippen LogP contribution in [0.4, 0.5) is 0 Å². The molecule has 0 saturated heterocycles. The standard InChI is InChI=1S/C25H24BrI2N3O4/c1-2-34-22(32)14-35-23-19(27)10-15(11-20(23)28)13-29-31-24(16-6-4-3-5-7-16)30-21-9-8-17(26)12-18(21)25(31)33/h8-13,16H,2-7,14H2,1H3. The van der Waals surface area contributed by atoms with E-state index in [-0.39, 0.29) is 18.1 Å². The van der Waals surface area contributed by atoms with Crippen molar-refractivity contribution in [1.29, 1.82) is 0 Å². The number of ether oxygens (including phenoxy) is 2. The third-order valence-corrected chi connectivity index (χ3v) is 7.88. The molecule has 0 radical (unpaired) electrons. The van der Waals surface area contributed by atoms with Crippen LogP contribution in [0.3, 0.4) is 0 Å². The third kappa shape index (κ3) is 6.43. The first-order valence-corrected chi connectivity index (χ1v) is 14.4. The minimum absolute atomic E-state index is 0.147. The average molecular weight is 764 g/mol. The molecule has 1 heterocycles. The van der Waals surface area contributed by atoms with Gasteiger partial charge in [0.25, 0.3) is 5.56 Å². The van der Waals surface area contributed by atoms with Gasteiger partial charge in [-0.05, 0) is 101 Å². The first kappa shape index (κ1) is 26.5. The fraction of sp³-hybridized carbons (Fsp3) is 0.360. The van der Waals surface area contributed by atoms with Crippen LogP contribution in [-0.2, 0) is 9.53 Å². The predicted octanol–water partition coefficient (Wildman–Crippen LogP) is 6.24. The van der Waals surface area contributed by atoms with Gasteiger partial charge in [0.05, 0.1) is 30.9 Å². The lowest BCUT2D eigenvalue weighted by molar-refractivity contribution is -0.145. The third-order valence-electron chi connectivity index (χ3n) is 5.79. The zero-order valence-electron chi connectivity index (χ0n) is 19.1. The normalized spacial score (nSPS) is 14.5. The maximum atomic E-state index is 13.5. The highest BCUT2D eigenvalue weighted by molar-refractivity contribution is 14.1. The van der Waals surface area contributed by atoms with Gasteiger partial charge in [0.2, 0.25) is 0 Å². The van der Waals surface area contributed by atoms with Crippen molar-refractivity contribution in [1.82, 2.24) is 9.66 Å². The Morgan fingerprint density at radius 2 is 1.91 bits per heavy atom. The molecule has 0 amide bonds. The summed E-state index contributed by atoms with van der Waals surface area (Å²) < 4.78 is 14.6. The molecule has 3 aromatic rings. The van der Waals surface area contributed by atoms with Crippen molar-refractivity contribution >= 4 is 84.2 Å². The summed E-state index contributed by atoms with van der Waals surface area (Å²) in [6.07, 6.45) is 7.17. The molecule has 1 fully saturated rings.